The molecule has 0 radical (unpaired) electrons. The van der Waals surface area contributed by atoms with E-state index in [4.69, 9.17) is 0 Å². The van der Waals surface area contributed by atoms with Gasteiger partial charge in [-0.1, -0.05) is 12.8 Å². The molecule has 2 unspecified atom stereocenters. The first-order valence-corrected chi connectivity index (χ1v) is 8.00. The van der Waals surface area contributed by atoms with Crippen molar-refractivity contribution >= 4 is 5.96 Å². The Morgan fingerprint density at radius 3 is 2.10 bits per heavy atom. The summed E-state index contributed by atoms with van der Waals surface area (Å²) in [4.78, 5) is 4.14. The molecule has 2 rings (SSSR count). The fraction of sp³-hybridized carbons (Fsp3) is 0.933. The topological polar surface area (TPSA) is 36.4 Å². The smallest absolute Gasteiger partial charge is 0.356 e. The van der Waals surface area contributed by atoms with E-state index >= 15 is 0 Å². The summed E-state index contributed by atoms with van der Waals surface area (Å²) < 4.78 is 38.3. The number of aliphatic imine (C=N–C) groups is 1. The van der Waals surface area contributed by atoms with Crippen LogP contribution in [0.3, 0.4) is 0 Å². The van der Waals surface area contributed by atoms with Gasteiger partial charge in [-0.3, -0.25) is 4.99 Å². The maximum atomic E-state index is 12.8. The van der Waals surface area contributed by atoms with E-state index in [9.17, 15) is 13.2 Å². The average Bonchev–Trinajstić information content (AvgIpc) is 2.40. The summed E-state index contributed by atoms with van der Waals surface area (Å²) in [5.41, 5.74) is 0. The molecule has 0 aromatic heterocycles. The van der Waals surface area contributed by atoms with E-state index in [1.807, 2.05) is 0 Å². The van der Waals surface area contributed by atoms with Crippen molar-refractivity contribution in [2.24, 2.45) is 22.7 Å². The van der Waals surface area contributed by atoms with Gasteiger partial charge < -0.3 is 10.6 Å². The van der Waals surface area contributed by atoms with Gasteiger partial charge in [-0.25, -0.2) is 0 Å². The molecule has 2 aliphatic carbocycles. The van der Waals surface area contributed by atoms with Crippen molar-refractivity contribution < 1.29 is 13.2 Å². The van der Waals surface area contributed by atoms with Crippen LogP contribution in [-0.4, -0.2) is 32.3 Å². The first-order valence-electron chi connectivity index (χ1n) is 8.00. The van der Waals surface area contributed by atoms with Crippen molar-refractivity contribution in [2.75, 3.05) is 20.1 Å². The molecule has 0 saturated heterocycles. The molecular weight excluding hydrogens is 279 g/mol. The summed E-state index contributed by atoms with van der Waals surface area (Å²) in [5, 5.41) is 6.46. The summed E-state index contributed by atoms with van der Waals surface area (Å²) >= 11 is 0. The van der Waals surface area contributed by atoms with E-state index < -0.39 is 12.1 Å². The SMILES string of the molecule is CN=C(NCC1CCC1)NCC1CCCC(C(F)(F)F)C1. The Labute approximate surface area is 124 Å². The lowest BCUT2D eigenvalue weighted by molar-refractivity contribution is -0.185. The molecule has 2 fully saturated rings. The van der Waals surface area contributed by atoms with Crippen LogP contribution < -0.4 is 10.6 Å². The van der Waals surface area contributed by atoms with E-state index in [0.29, 0.717) is 13.0 Å². The summed E-state index contributed by atoms with van der Waals surface area (Å²) in [5.74, 6) is 0.416. The second kappa shape index (κ2) is 7.36. The summed E-state index contributed by atoms with van der Waals surface area (Å²) in [6.45, 7) is 1.49. The van der Waals surface area contributed by atoms with E-state index in [1.165, 1.54) is 19.3 Å². The molecule has 0 aliphatic heterocycles. The monoisotopic (exact) mass is 305 g/mol. The minimum absolute atomic E-state index is 0.0904. The minimum atomic E-state index is -4.04. The maximum absolute atomic E-state index is 12.8. The zero-order valence-electron chi connectivity index (χ0n) is 12.7. The fourth-order valence-electron chi connectivity index (χ4n) is 3.17. The van der Waals surface area contributed by atoms with Crippen LogP contribution in [0.2, 0.25) is 0 Å². The Morgan fingerprint density at radius 1 is 1.00 bits per heavy atom. The fourth-order valence-corrected chi connectivity index (χ4v) is 3.17. The lowest BCUT2D eigenvalue weighted by atomic mass is 9.81. The molecule has 0 aromatic carbocycles. The highest BCUT2D eigenvalue weighted by Crippen LogP contribution is 2.39. The van der Waals surface area contributed by atoms with Crippen LogP contribution in [-0.2, 0) is 0 Å². The number of alkyl halides is 3. The van der Waals surface area contributed by atoms with Crippen molar-refractivity contribution in [3.05, 3.63) is 0 Å². The predicted molar refractivity (Wildman–Crippen MR) is 78.2 cm³/mol. The molecule has 0 amide bonds. The van der Waals surface area contributed by atoms with Gasteiger partial charge in [0.2, 0.25) is 0 Å². The van der Waals surface area contributed by atoms with Gasteiger partial charge in [0.1, 0.15) is 0 Å². The van der Waals surface area contributed by atoms with Crippen LogP contribution in [0.5, 0.6) is 0 Å². The number of halogens is 3. The number of hydrogen-bond acceptors (Lipinski definition) is 1. The quantitative estimate of drug-likeness (QED) is 0.617. The summed E-state index contributed by atoms with van der Waals surface area (Å²) in [6, 6.07) is 0. The zero-order chi connectivity index (χ0) is 15.3. The Kier molecular flexibility index (Phi) is 5.76. The first kappa shape index (κ1) is 16.4. The zero-order valence-corrected chi connectivity index (χ0v) is 12.7. The van der Waals surface area contributed by atoms with Crippen molar-refractivity contribution in [3.63, 3.8) is 0 Å². The van der Waals surface area contributed by atoms with Gasteiger partial charge >= 0.3 is 6.18 Å². The number of guanidine groups is 1. The second-order valence-corrected chi connectivity index (χ2v) is 6.40. The molecule has 2 aliphatic rings. The Morgan fingerprint density at radius 2 is 1.57 bits per heavy atom. The molecule has 0 spiro atoms. The molecule has 6 heteroatoms. The molecule has 2 N–H and O–H groups in total. The van der Waals surface area contributed by atoms with Crippen molar-refractivity contribution in [1.82, 2.24) is 10.6 Å². The highest BCUT2D eigenvalue weighted by Gasteiger charge is 2.42. The second-order valence-electron chi connectivity index (χ2n) is 6.40. The summed E-state index contributed by atoms with van der Waals surface area (Å²) in [7, 11) is 1.70. The lowest BCUT2D eigenvalue weighted by Crippen LogP contribution is -2.43. The third kappa shape index (κ3) is 5.08. The molecule has 0 bridgehead atoms. The van der Waals surface area contributed by atoms with E-state index in [2.05, 4.69) is 15.6 Å². The van der Waals surface area contributed by atoms with E-state index in [0.717, 1.165) is 24.8 Å². The van der Waals surface area contributed by atoms with Crippen LogP contribution in [0.4, 0.5) is 13.2 Å². The highest BCUT2D eigenvalue weighted by molar-refractivity contribution is 5.79. The minimum Gasteiger partial charge on any atom is -0.356 e. The van der Waals surface area contributed by atoms with Gasteiger partial charge in [-0.2, -0.15) is 13.2 Å². The van der Waals surface area contributed by atoms with Gasteiger partial charge in [0, 0.05) is 20.1 Å². The van der Waals surface area contributed by atoms with E-state index in [-0.39, 0.29) is 18.8 Å². The van der Waals surface area contributed by atoms with Crippen LogP contribution in [0.15, 0.2) is 4.99 Å². The van der Waals surface area contributed by atoms with Gasteiger partial charge in [0.05, 0.1) is 5.92 Å². The Balaban J connectivity index is 1.70. The highest BCUT2D eigenvalue weighted by atomic mass is 19.4. The third-order valence-corrected chi connectivity index (χ3v) is 4.81. The standard InChI is InChI=1S/C15H26F3N3/c1-19-14(20-9-11-4-2-5-11)21-10-12-6-3-7-13(8-12)15(16,17)18/h11-13H,2-10H2,1H3,(H2,19,20,21). The predicted octanol–water partition coefficient (Wildman–Crippen LogP) is 3.32. The lowest BCUT2D eigenvalue weighted by Gasteiger charge is -2.31. The van der Waals surface area contributed by atoms with Crippen LogP contribution >= 0.6 is 0 Å². The Bertz CT molecular complexity index is 351. The van der Waals surface area contributed by atoms with Gasteiger partial charge in [-0.15, -0.1) is 0 Å². The number of rotatable bonds is 4. The molecule has 2 atom stereocenters. The van der Waals surface area contributed by atoms with Crippen molar-refractivity contribution in [1.29, 1.82) is 0 Å². The number of nitrogens with zero attached hydrogens (tertiary/aromatic N) is 1. The molecule has 0 aromatic rings. The van der Waals surface area contributed by atoms with Crippen LogP contribution in [0.1, 0.15) is 44.9 Å². The average molecular weight is 305 g/mol. The number of hydrogen-bond donors (Lipinski definition) is 2. The summed E-state index contributed by atoms with van der Waals surface area (Å²) in [6.07, 6.45) is 1.87. The molecule has 0 heterocycles. The van der Waals surface area contributed by atoms with Crippen LogP contribution in [0.25, 0.3) is 0 Å². The molecule has 21 heavy (non-hydrogen) atoms. The Hall–Kier alpha value is -0.940. The maximum Gasteiger partial charge on any atom is 0.391 e. The van der Waals surface area contributed by atoms with Gasteiger partial charge in [0.15, 0.2) is 5.96 Å². The van der Waals surface area contributed by atoms with Gasteiger partial charge in [0.25, 0.3) is 0 Å². The third-order valence-electron chi connectivity index (χ3n) is 4.81. The van der Waals surface area contributed by atoms with Gasteiger partial charge in [-0.05, 0) is 43.9 Å². The normalized spacial score (nSPS) is 28.1. The molecule has 122 valence electrons. The first-order chi connectivity index (χ1) is 9.99. The largest absolute Gasteiger partial charge is 0.391 e. The van der Waals surface area contributed by atoms with Crippen molar-refractivity contribution in [3.8, 4) is 0 Å². The molecule has 2 saturated carbocycles. The molecular formula is C15H26F3N3. The van der Waals surface area contributed by atoms with Crippen LogP contribution in [0, 0.1) is 17.8 Å². The number of nitrogens with one attached hydrogen (secondary N) is 2. The van der Waals surface area contributed by atoms with Crippen molar-refractivity contribution in [2.45, 2.75) is 51.1 Å². The van der Waals surface area contributed by atoms with E-state index in [1.54, 1.807) is 7.05 Å². The molecule has 3 nitrogen and oxygen atoms in total.